The molecular formula is C10H16N2O3S. The van der Waals surface area contributed by atoms with E-state index in [1.54, 1.807) is 19.2 Å². The number of thiazole rings is 1. The van der Waals surface area contributed by atoms with Gasteiger partial charge in [-0.05, 0) is 20.9 Å². The van der Waals surface area contributed by atoms with E-state index in [4.69, 9.17) is 5.11 Å². The second kappa shape index (κ2) is 4.90. The number of hydrogen-bond acceptors (Lipinski definition) is 5. The molecular weight excluding hydrogens is 228 g/mol. The molecule has 1 heterocycles. The highest BCUT2D eigenvalue weighted by Gasteiger charge is 2.17. The van der Waals surface area contributed by atoms with Gasteiger partial charge in [-0.25, -0.2) is 9.78 Å². The Hall–Kier alpha value is -0.980. The number of carboxylic acid groups (broad SMARTS) is 1. The molecule has 0 aliphatic rings. The van der Waals surface area contributed by atoms with Crippen molar-refractivity contribution in [2.45, 2.75) is 26.0 Å². The number of nitrogens with zero attached hydrogens (tertiary/aromatic N) is 2. The van der Waals surface area contributed by atoms with Gasteiger partial charge in [0.2, 0.25) is 5.01 Å². The summed E-state index contributed by atoms with van der Waals surface area (Å²) in [6, 6.07) is 0. The van der Waals surface area contributed by atoms with Crippen LogP contribution in [0.25, 0.3) is 0 Å². The molecule has 5 nitrogen and oxygen atoms in total. The molecule has 2 N–H and O–H groups in total. The minimum atomic E-state index is -0.999. The van der Waals surface area contributed by atoms with E-state index in [0.29, 0.717) is 18.8 Å². The molecule has 0 saturated heterocycles. The predicted octanol–water partition coefficient (Wildman–Crippen LogP) is 1.04. The molecule has 1 aromatic heterocycles. The lowest BCUT2D eigenvalue weighted by Gasteiger charge is -2.24. The Morgan fingerprint density at radius 3 is 2.69 bits per heavy atom. The Balaban J connectivity index is 2.56. The highest BCUT2D eigenvalue weighted by molar-refractivity contribution is 7.11. The van der Waals surface area contributed by atoms with Gasteiger partial charge < -0.3 is 10.2 Å². The highest BCUT2D eigenvalue weighted by Crippen LogP contribution is 2.12. The Labute approximate surface area is 98.4 Å². The molecule has 6 heteroatoms. The largest absolute Gasteiger partial charge is 0.476 e. The van der Waals surface area contributed by atoms with Gasteiger partial charge in [0.15, 0.2) is 0 Å². The maximum absolute atomic E-state index is 10.6. The number of aromatic carboxylic acids is 1. The van der Waals surface area contributed by atoms with Crippen molar-refractivity contribution in [2.75, 3.05) is 13.6 Å². The van der Waals surface area contributed by atoms with Gasteiger partial charge in [-0.1, -0.05) is 0 Å². The third-order valence-corrected chi connectivity index (χ3v) is 2.70. The zero-order valence-corrected chi connectivity index (χ0v) is 10.4. The third-order valence-electron chi connectivity index (χ3n) is 1.82. The summed E-state index contributed by atoms with van der Waals surface area (Å²) in [4.78, 5) is 16.5. The van der Waals surface area contributed by atoms with Gasteiger partial charge in [-0.3, -0.25) is 4.90 Å². The van der Waals surface area contributed by atoms with E-state index in [-0.39, 0.29) is 5.01 Å². The van der Waals surface area contributed by atoms with Crippen molar-refractivity contribution in [3.63, 3.8) is 0 Å². The highest BCUT2D eigenvalue weighted by atomic mass is 32.1. The van der Waals surface area contributed by atoms with Crippen molar-refractivity contribution < 1.29 is 15.0 Å². The van der Waals surface area contributed by atoms with E-state index in [1.165, 1.54) is 0 Å². The van der Waals surface area contributed by atoms with Gasteiger partial charge in [0, 0.05) is 18.5 Å². The van der Waals surface area contributed by atoms with Crippen LogP contribution in [0.1, 0.15) is 29.3 Å². The number of rotatable bonds is 5. The van der Waals surface area contributed by atoms with Crippen LogP contribution < -0.4 is 0 Å². The second-order valence-corrected chi connectivity index (χ2v) is 5.29. The van der Waals surface area contributed by atoms with Crippen molar-refractivity contribution in [1.82, 2.24) is 9.88 Å². The van der Waals surface area contributed by atoms with Crippen LogP contribution in [0, 0.1) is 0 Å². The summed E-state index contributed by atoms with van der Waals surface area (Å²) in [5, 5.41) is 20.1. The minimum Gasteiger partial charge on any atom is -0.476 e. The molecule has 90 valence electrons. The molecule has 0 aliphatic carbocycles. The lowest BCUT2D eigenvalue weighted by atomic mass is 10.1. The number of aromatic nitrogens is 1. The van der Waals surface area contributed by atoms with Crippen LogP contribution in [0.2, 0.25) is 0 Å². The summed E-state index contributed by atoms with van der Waals surface area (Å²) in [5.74, 6) is -0.999. The summed E-state index contributed by atoms with van der Waals surface area (Å²) >= 11 is 1.12. The fraction of sp³-hybridized carbons (Fsp3) is 0.600. The average Bonchev–Trinajstić information content (AvgIpc) is 2.48. The van der Waals surface area contributed by atoms with E-state index in [9.17, 15) is 9.90 Å². The van der Waals surface area contributed by atoms with Crippen LogP contribution in [0.5, 0.6) is 0 Å². The van der Waals surface area contributed by atoms with Crippen molar-refractivity contribution >= 4 is 17.3 Å². The summed E-state index contributed by atoms with van der Waals surface area (Å²) in [6.45, 7) is 4.50. The number of hydrogen-bond donors (Lipinski definition) is 2. The third kappa shape index (κ3) is 4.26. The fourth-order valence-electron chi connectivity index (χ4n) is 1.47. The van der Waals surface area contributed by atoms with E-state index in [1.807, 2.05) is 11.9 Å². The van der Waals surface area contributed by atoms with Crippen molar-refractivity contribution in [3.8, 4) is 0 Å². The van der Waals surface area contributed by atoms with Crippen molar-refractivity contribution in [1.29, 1.82) is 0 Å². The number of carbonyl (C=O) groups is 1. The molecule has 0 unspecified atom stereocenters. The first kappa shape index (κ1) is 13.1. The predicted molar refractivity (Wildman–Crippen MR) is 61.7 cm³/mol. The SMILES string of the molecule is CN(Cc1csc(C(=O)O)n1)CC(C)(C)O. The summed E-state index contributed by atoms with van der Waals surface area (Å²) in [7, 11) is 1.86. The quantitative estimate of drug-likeness (QED) is 0.809. The van der Waals surface area contributed by atoms with Gasteiger partial charge in [-0.15, -0.1) is 11.3 Å². The van der Waals surface area contributed by atoms with Crippen LogP contribution in [-0.2, 0) is 6.54 Å². The van der Waals surface area contributed by atoms with Crippen LogP contribution in [0.4, 0.5) is 0 Å². The van der Waals surface area contributed by atoms with Crippen LogP contribution in [0.15, 0.2) is 5.38 Å². The maximum atomic E-state index is 10.6. The first-order chi connectivity index (χ1) is 7.28. The van der Waals surface area contributed by atoms with E-state index < -0.39 is 11.6 Å². The number of carboxylic acids is 1. The topological polar surface area (TPSA) is 73.7 Å². The molecule has 1 aromatic rings. The lowest BCUT2D eigenvalue weighted by Crippen LogP contribution is -2.35. The summed E-state index contributed by atoms with van der Waals surface area (Å²) in [5.41, 5.74) is -0.0467. The molecule has 0 bridgehead atoms. The normalized spacial score (nSPS) is 12.1. The van der Waals surface area contributed by atoms with E-state index >= 15 is 0 Å². The Kier molecular flexibility index (Phi) is 4.01. The van der Waals surface area contributed by atoms with Gasteiger partial charge in [0.05, 0.1) is 11.3 Å². The van der Waals surface area contributed by atoms with Crippen molar-refractivity contribution in [3.05, 3.63) is 16.1 Å². The Morgan fingerprint density at radius 1 is 1.62 bits per heavy atom. The molecule has 0 atom stereocenters. The molecule has 0 spiro atoms. The van der Waals surface area contributed by atoms with E-state index in [0.717, 1.165) is 11.3 Å². The molecule has 0 aliphatic heterocycles. The second-order valence-electron chi connectivity index (χ2n) is 4.43. The maximum Gasteiger partial charge on any atom is 0.365 e. The zero-order valence-electron chi connectivity index (χ0n) is 9.60. The van der Waals surface area contributed by atoms with Gasteiger partial charge >= 0.3 is 5.97 Å². The molecule has 0 radical (unpaired) electrons. The first-order valence-electron chi connectivity index (χ1n) is 4.86. The van der Waals surface area contributed by atoms with Gasteiger partial charge in [0.1, 0.15) is 0 Å². The molecule has 16 heavy (non-hydrogen) atoms. The van der Waals surface area contributed by atoms with Crippen LogP contribution >= 0.6 is 11.3 Å². The van der Waals surface area contributed by atoms with Gasteiger partial charge in [-0.2, -0.15) is 0 Å². The lowest BCUT2D eigenvalue weighted by molar-refractivity contribution is 0.0421. The summed E-state index contributed by atoms with van der Waals surface area (Å²) in [6.07, 6.45) is 0. The Morgan fingerprint density at radius 2 is 2.25 bits per heavy atom. The molecule has 1 rings (SSSR count). The van der Waals surface area contributed by atoms with Crippen molar-refractivity contribution in [2.24, 2.45) is 0 Å². The average molecular weight is 244 g/mol. The summed E-state index contributed by atoms with van der Waals surface area (Å²) < 4.78 is 0. The molecule has 0 aromatic carbocycles. The fourth-order valence-corrected chi connectivity index (χ4v) is 2.12. The minimum absolute atomic E-state index is 0.103. The monoisotopic (exact) mass is 244 g/mol. The standard InChI is InChI=1S/C10H16N2O3S/c1-10(2,15)6-12(3)4-7-5-16-8(11-7)9(13)14/h5,15H,4,6H2,1-3H3,(H,13,14). The first-order valence-corrected chi connectivity index (χ1v) is 5.74. The Bertz CT molecular complexity index is 370. The van der Waals surface area contributed by atoms with E-state index in [2.05, 4.69) is 4.98 Å². The molecule has 0 saturated carbocycles. The van der Waals surface area contributed by atoms with Gasteiger partial charge in [0.25, 0.3) is 0 Å². The van der Waals surface area contributed by atoms with Crippen LogP contribution in [0.3, 0.4) is 0 Å². The number of likely N-dealkylation sites (N-methyl/N-ethyl adjacent to an activating group) is 1. The zero-order chi connectivity index (χ0) is 12.3. The smallest absolute Gasteiger partial charge is 0.365 e. The van der Waals surface area contributed by atoms with Crippen LogP contribution in [-0.4, -0.2) is 45.3 Å². The number of aliphatic hydroxyl groups is 1. The molecule has 0 amide bonds. The molecule has 0 fully saturated rings.